The van der Waals surface area contributed by atoms with E-state index < -0.39 is 0 Å². The summed E-state index contributed by atoms with van der Waals surface area (Å²) in [5, 5.41) is 7.24. The molecule has 0 aliphatic carbocycles. The van der Waals surface area contributed by atoms with Gasteiger partial charge in [-0.1, -0.05) is 42.5 Å². The molecule has 1 amide bonds. The van der Waals surface area contributed by atoms with Crippen LogP contribution in [0.25, 0.3) is 0 Å². The Kier molecular flexibility index (Phi) is 5.14. The first-order valence-corrected chi connectivity index (χ1v) is 8.15. The van der Waals surface area contributed by atoms with E-state index in [0.717, 1.165) is 22.4 Å². The number of hydrogen-bond donors (Lipinski definition) is 1. The molecule has 0 aliphatic rings. The van der Waals surface area contributed by atoms with E-state index >= 15 is 0 Å². The molecule has 1 N–H and O–H groups in total. The molecule has 0 bridgehead atoms. The van der Waals surface area contributed by atoms with Gasteiger partial charge in [-0.15, -0.1) is 0 Å². The maximum atomic E-state index is 12.2. The van der Waals surface area contributed by atoms with Crippen LogP contribution in [0.2, 0.25) is 0 Å². The summed E-state index contributed by atoms with van der Waals surface area (Å²) in [5.41, 5.74) is 3.12. The number of amides is 1. The lowest BCUT2D eigenvalue weighted by atomic mass is 10.1. The Balaban J connectivity index is 1.59. The fourth-order valence-electron chi connectivity index (χ4n) is 2.71. The number of aryl methyl sites for hydroxylation is 1. The predicted octanol–water partition coefficient (Wildman–Crippen LogP) is 3.43. The fourth-order valence-corrected chi connectivity index (χ4v) is 2.71. The highest BCUT2D eigenvalue weighted by Crippen LogP contribution is 2.19. The minimum Gasteiger partial charge on any atom is -0.496 e. The topological polar surface area (TPSA) is 56.1 Å². The standard InChI is InChI=1S/C20H21N3O2/c1-15-12-17(8-9-18(15)25-2)13-20(24)21-19-10-11-23(22-19)14-16-6-4-3-5-7-16/h3-12H,13-14H2,1-2H3,(H,21,22,24). The lowest BCUT2D eigenvalue weighted by Gasteiger charge is -2.07. The molecular weight excluding hydrogens is 314 g/mol. The molecule has 3 rings (SSSR count). The summed E-state index contributed by atoms with van der Waals surface area (Å²) in [7, 11) is 1.64. The fraction of sp³-hybridized carbons (Fsp3) is 0.200. The van der Waals surface area contributed by atoms with Crippen molar-refractivity contribution in [1.82, 2.24) is 9.78 Å². The molecule has 0 atom stereocenters. The second kappa shape index (κ2) is 7.66. The van der Waals surface area contributed by atoms with Crippen molar-refractivity contribution in [3.8, 4) is 5.75 Å². The molecule has 3 aromatic rings. The van der Waals surface area contributed by atoms with Crippen molar-refractivity contribution in [3.63, 3.8) is 0 Å². The van der Waals surface area contributed by atoms with Gasteiger partial charge in [0.05, 0.1) is 20.1 Å². The van der Waals surface area contributed by atoms with E-state index in [2.05, 4.69) is 10.4 Å². The Morgan fingerprint density at radius 1 is 1.12 bits per heavy atom. The molecule has 1 heterocycles. The molecule has 1 aromatic heterocycles. The lowest BCUT2D eigenvalue weighted by molar-refractivity contribution is -0.115. The number of methoxy groups -OCH3 is 1. The third-order valence-electron chi connectivity index (χ3n) is 3.92. The van der Waals surface area contributed by atoms with Crippen molar-refractivity contribution in [3.05, 3.63) is 77.5 Å². The van der Waals surface area contributed by atoms with Crippen LogP contribution < -0.4 is 10.1 Å². The largest absolute Gasteiger partial charge is 0.496 e. The Labute approximate surface area is 147 Å². The number of hydrogen-bond acceptors (Lipinski definition) is 3. The minimum atomic E-state index is -0.0884. The van der Waals surface area contributed by atoms with Crippen molar-refractivity contribution in [2.45, 2.75) is 19.9 Å². The van der Waals surface area contributed by atoms with E-state index in [0.29, 0.717) is 18.8 Å². The Hall–Kier alpha value is -3.08. The number of rotatable bonds is 6. The summed E-state index contributed by atoms with van der Waals surface area (Å²) in [6.45, 7) is 2.64. The van der Waals surface area contributed by atoms with Crippen LogP contribution in [0.1, 0.15) is 16.7 Å². The highest BCUT2D eigenvalue weighted by molar-refractivity contribution is 5.91. The molecule has 0 saturated carbocycles. The molecule has 0 aliphatic heterocycles. The van der Waals surface area contributed by atoms with Crippen LogP contribution in [0.4, 0.5) is 5.82 Å². The van der Waals surface area contributed by atoms with E-state index in [1.54, 1.807) is 13.2 Å². The van der Waals surface area contributed by atoms with Gasteiger partial charge in [0, 0.05) is 12.3 Å². The van der Waals surface area contributed by atoms with Crippen LogP contribution in [0, 0.1) is 6.92 Å². The number of aromatic nitrogens is 2. The maximum Gasteiger partial charge on any atom is 0.229 e. The first-order chi connectivity index (χ1) is 12.1. The molecule has 0 fully saturated rings. The second-order valence-electron chi connectivity index (χ2n) is 5.91. The Morgan fingerprint density at radius 2 is 1.92 bits per heavy atom. The molecule has 0 radical (unpaired) electrons. The monoisotopic (exact) mass is 335 g/mol. The Morgan fingerprint density at radius 3 is 2.64 bits per heavy atom. The summed E-state index contributed by atoms with van der Waals surface area (Å²) >= 11 is 0. The zero-order chi connectivity index (χ0) is 17.6. The quantitative estimate of drug-likeness (QED) is 0.751. The highest BCUT2D eigenvalue weighted by atomic mass is 16.5. The zero-order valence-corrected chi connectivity index (χ0v) is 14.4. The normalized spacial score (nSPS) is 10.5. The van der Waals surface area contributed by atoms with Crippen LogP contribution in [-0.4, -0.2) is 22.8 Å². The van der Waals surface area contributed by atoms with Gasteiger partial charge in [0.1, 0.15) is 5.75 Å². The van der Waals surface area contributed by atoms with Gasteiger partial charge < -0.3 is 10.1 Å². The van der Waals surface area contributed by atoms with Gasteiger partial charge in [-0.3, -0.25) is 9.48 Å². The van der Waals surface area contributed by atoms with Crippen molar-refractivity contribution < 1.29 is 9.53 Å². The number of benzene rings is 2. The van der Waals surface area contributed by atoms with Gasteiger partial charge in [-0.25, -0.2) is 0 Å². The first kappa shape index (κ1) is 16.8. The highest BCUT2D eigenvalue weighted by Gasteiger charge is 2.08. The summed E-state index contributed by atoms with van der Waals surface area (Å²) in [6, 6.07) is 17.6. The minimum absolute atomic E-state index is 0.0884. The van der Waals surface area contributed by atoms with Crippen LogP contribution >= 0.6 is 0 Å². The lowest BCUT2D eigenvalue weighted by Crippen LogP contribution is -2.15. The molecule has 5 nitrogen and oxygen atoms in total. The summed E-state index contributed by atoms with van der Waals surface area (Å²) in [6.07, 6.45) is 2.16. The summed E-state index contributed by atoms with van der Waals surface area (Å²) < 4.78 is 7.05. The van der Waals surface area contributed by atoms with Gasteiger partial charge in [-0.2, -0.15) is 5.10 Å². The van der Waals surface area contributed by atoms with Gasteiger partial charge in [0.2, 0.25) is 5.91 Å². The Bertz CT molecular complexity index is 856. The molecule has 2 aromatic carbocycles. The van der Waals surface area contributed by atoms with E-state index in [1.165, 1.54) is 0 Å². The molecule has 25 heavy (non-hydrogen) atoms. The van der Waals surface area contributed by atoms with Gasteiger partial charge in [0.25, 0.3) is 0 Å². The SMILES string of the molecule is COc1ccc(CC(=O)Nc2ccn(Cc3ccccc3)n2)cc1C. The first-order valence-electron chi connectivity index (χ1n) is 8.15. The predicted molar refractivity (Wildman–Crippen MR) is 97.8 cm³/mol. The third kappa shape index (κ3) is 4.47. The molecule has 0 unspecified atom stereocenters. The third-order valence-corrected chi connectivity index (χ3v) is 3.92. The van der Waals surface area contributed by atoms with Gasteiger partial charge in [0.15, 0.2) is 5.82 Å². The molecular formula is C20H21N3O2. The number of nitrogens with zero attached hydrogens (tertiary/aromatic N) is 2. The average Bonchev–Trinajstić information content (AvgIpc) is 3.02. The van der Waals surface area contributed by atoms with E-state index in [1.807, 2.05) is 66.3 Å². The summed E-state index contributed by atoms with van der Waals surface area (Å²) in [4.78, 5) is 12.2. The van der Waals surface area contributed by atoms with Gasteiger partial charge >= 0.3 is 0 Å². The van der Waals surface area contributed by atoms with E-state index in [9.17, 15) is 4.79 Å². The van der Waals surface area contributed by atoms with Gasteiger partial charge in [-0.05, 0) is 29.7 Å². The number of nitrogens with one attached hydrogen (secondary N) is 1. The average molecular weight is 335 g/mol. The molecule has 0 saturated heterocycles. The van der Waals surface area contributed by atoms with E-state index in [-0.39, 0.29) is 5.91 Å². The number of anilines is 1. The van der Waals surface area contributed by atoms with Crippen LogP contribution in [0.5, 0.6) is 5.75 Å². The molecule has 5 heteroatoms. The number of carbonyl (C=O) groups is 1. The second-order valence-corrected chi connectivity index (χ2v) is 5.91. The van der Waals surface area contributed by atoms with Crippen molar-refractivity contribution in [2.75, 3.05) is 12.4 Å². The van der Waals surface area contributed by atoms with Crippen molar-refractivity contribution >= 4 is 11.7 Å². The molecule has 128 valence electrons. The summed E-state index contributed by atoms with van der Waals surface area (Å²) in [5.74, 6) is 1.30. The number of ether oxygens (including phenoxy) is 1. The zero-order valence-electron chi connectivity index (χ0n) is 14.4. The van der Waals surface area contributed by atoms with Crippen molar-refractivity contribution in [1.29, 1.82) is 0 Å². The maximum absolute atomic E-state index is 12.2. The van der Waals surface area contributed by atoms with Crippen LogP contribution in [-0.2, 0) is 17.8 Å². The number of carbonyl (C=O) groups excluding carboxylic acids is 1. The van der Waals surface area contributed by atoms with Crippen LogP contribution in [0.3, 0.4) is 0 Å². The molecule has 0 spiro atoms. The van der Waals surface area contributed by atoms with E-state index in [4.69, 9.17) is 4.74 Å². The smallest absolute Gasteiger partial charge is 0.229 e. The van der Waals surface area contributed by atoms with Crippen LogP contribution in [0.15, 0.2) is 60.8 Å². The van der Waals surface area contributed by atoms with Crippen molar-refractivity contribution in [2.24, 2.45) is 0 Å².